The summed E-state index contributed by atoms with van der Waals surface area (Å²) >= 11 is 0. The van der Waals surface area contributed by atoms with Gasteiger partial charge in [0, 0.05) is 0 Å². The zero-order valence-electron chi connectivity index (χ0n) is 11.2. The lowest BCUT2D eigenvalue weighted by Gasteiger charge is -2.40. The Morgan fingerprint density at radius 2 is 1.72 bits per heavy atom. The highest BCUT2D eigenvalue weighted by Gasteiger charge is 2.41. The van der Waals surface area contributed by atoms with Crippen LogP contribution in [0.2, 0.25) is 0 Å². The van der Waals surface area contributed by atoms with Gasteiger partial charge >= 0.3 is 0 Å². The first-order valence-electron chi connectivity index (χ1n) is 6.93. The maximum Gasteiger partial charge on any atom is 0.170 e. The lowest BCUT2D eigenvalue weighted by atomic mass is 9.78. The van der Waals surface area contributed by atoms with Crippen LogP contribution >= 0.6 is 0 Å². The number of ketones is 1. The van der Waals surface area contributed by atoms with Crippen molar-refractivity contribution in [2.75, 3.05) is 0 Å². The molecule has 1 heterocycles. The van der Waals surface area contributed by atoms with Crippen molar-refractivity contribution < 1.29 is 9.53 Å². The fourth-order valence-electron chi connectivity index (χ4n) is 3.22. The van der Waals surface area contributed by atoms with Crippen LogP contribution in [0.1, 0.15) is 60.0 Å². The van der Waals surface area contributed by atoms with E-state index in [0.717, 1.165) is 24.2 Å². The third-order valence-electron chi connectivity index (χ3n) is 4.47. The van der Waals surface area contributed by atoms with E-state index in [2.05, 4.69) is 6.92 Å². The van der Waals surface area contributed by atoms with Gasteiger partial charge in [-0.15, -0.1) is 0 Å². The number of hydrogen-bond donors (Lipinski definition) is 0. The molecular weight excluding hydrogens is 224 g/mol. The third kappa shape index (κ3) is 1.84. The molecule has 0 bridgehead atoms. The zero-order valence-corrected chi connectivity index (χ0v) is 11.2. The van der Waals surface area contributed by atoms with Crippen molar-refractivity contribution in [3.05, 3.63) is 28.8 Å². The molecule has 1 aliphatic carbocycles. The van der Waals surface area contributed by atoms with E-state index < -0.39 is 0 Å². The molecule has 0 unspecified atom stereocenters. The van der Waals surface area contributed by atoms with Gasteiger partial charge in [-0.05, 0) is 62.8 Å². The molecule has 0 amide bonds. The van der Waals surface area contributed by atoms with Crippen LogP contribution < -0.4 is 4.74 Å². The van der Waals surface area contributed by atoms with Gasteiger partial charge in [0.05, 0.1) is 12.0 Å². The van der Waals surface area contributed by atoms with Gasteiger partial charge in [0.2, 0.25) is 0 Å². The Hall–Kier alpha value is -1.31. The minimum atomic E-state index is -0.190. The van der Waals surface area contributed by atoms with Crippen molar-refractivity contribution in [2.45, 2.75) is 58.0 Å². The summed E-state index contributed by atoms with van der Waals surface area (Å²) in [5, 5.41) is 0. The number of benzene rings is 1. The predicted molar refractivity (Wildman–Crippen MR) is 71.3 cm³/mol. The molecule has 0 N–H and O–H groups in total. The van der Waals surface area contributed by atoms with Crippen LogP contribution in [0.4, 0.5) is 0 Å². The molecular formula is C16H20O2. The summed E-state index contributed by atoms with van der Waals surface area (Å²) in [7, 11) is 0. The van der Waals surface area contributed by atoms with Crippen LogP contribution in [0.5, 0.6) is 5.75 Å². The molecule has 18 heavy (non-hydrogen) atoms. The molecule has 1 aromatic rings. The number of Topliss-reactive ketones (excluding diaryl/α,β-unsaturated/α-hetero) is 1. The minimum Gasteiger partial charge on any atom is -0.486 e. The summed E-state index contributed by atoms with van der Waals surface area (Å²) in [6.45, 7) is 4.12. The lowest BCUT2D eigenvalue weighted by Crippen LogP contribution is -2.43. The van der Waals surface area contributed by atoms with Crippen LogP contribution in [-0.4, -0.2) is 11.4 Å². The first-order chi connectivity index (χ1) is 8.60. The molecule has 0 atom stereocenters. The molecule has 1 fully saturated rings. The van der Waals surface area contributed by atoms with Crippen LogP contribution in [-0.2, 0) is 0 Å². The number of ether oxygens (including phenoxy) is 1. The third-order valence-corrected chi connectivity index (χ3v) is 4.47. The fourth-order valence-corrected chi connectivity index (χ4v) is 3.22. The number of carbonyl (C=O) groups is 1. The summed E-state index contributed by atoms with van der Waals surface area (Å²) in [5.74, 6) is 1.08. The smallest absolute Gasteiger partial charge is 0.170 e. The normalized spacial score (nSPS) is 21.6. The molecule has 1 aromatic carbocycles. The highest BCUT2D eigenvalue weighted by molar-refractivity contribution is 6.00. The van der Waals surface area contributed by atoms with Crippen LogP contribution in [0.3, 0.4) is 0 Å². The van der Waals surface area contributed by atoms with Gasteiger partial charge in [-0.2, -0.15) is 0 Å². The van der Waals surface area contributed by atoms with E-state index in [-0.39, 0.29) is 11.4 Å². The molecule has 0 aromatic heterocycles. The van der Waals surface area contributed by atoms with E-state index in [1.165, 1.54) is 30.4 Å². The predicted octanol–water partition coefficient (Wildman–Crippen LogP) is 3.97. The summed E-state index contributed by atoms with van der Waals surface area (Å²) < 4.78 is 6.25. The van der Waals surface area contributed by atoms with E-state index >= 15 is 0 Å². The van der Waals surface area contributed by atoms with Crippen molar-refractivity contribution >= 4 is 5.78 Å². The average Bonchev–Trinajstić information content (AvgIpc) is 2.33. The average molecular weight is 244 g/mol. The van der Waals surface area contributed by atoms with Crippen LogP contribution in [0, 0.1) is 13.8 Å². The maximum absolute atomic E-state index is 12.3. The molecule has 0 radical (unpaired) electrons. The summed E-state index contributed by atoms with van der Waals surface area (Å²) in [4.78, 5) is 12.3. The SMILES string of the molecule is Cc1cc2c(cc1C)C(=O)CC1(CCCCC1)O2. The number of rotatable bonds is 0. The van der Waals surface area contributed by atoms with Gasteiger partial charge in [-0.3, -0.25) is 4.79 Å². The summed E-state index contributed by atoms with van der Waals surface area (Å²) in [5.41, 5.74) is 2.97. The highest BCUT2D eigenvalue weighted by Crippen LogP contribution is 2.42. The highest BCUT2D eigenvalue weighted by atomic mass is 16.5. The molecule has 1 aliphatic heterocycles. The van der Waals surface area contributed by atoms with Gasteiger partial charge in [0.25, 0.3) is 0 Å². The fraction of sp³-hybridized carbons (Fsp3) is 0.562. The molecule has 1 saturated carbocycles. The number of aryl methyl sites for hydroxylation is 2. The summed E-state index contributed by atoms with van der Waals surface area (Å²) in [6, 6.07) is 4.03. The van der Waals surface area contributed by atoms with Gasteiger partial charge in [0.15, 0.2) is 5.78 Å². The van der Waals surface area contributed by atoms with Gasteiger partial charge in [-0.1, -0.05) is 6.42 Å². The first kappa shape index (κ1) is 11.8. The van der Waals surface area contributed by atoms with Crippen LogP contribution in [0.15, 0.2) is 12.1 Å². The second kappa shape index (κ2) is 4.11. The molecule has 96 valence electrons. The molecule has 0 saturated heterocycles. The van der Waals surface area contributed by atoms with E-state index in [1.54, 1.807) is 0 Å². The Kier molecular flexibility index (Phi) is 2.69. The van der Waals surface area contributed by atoms with Crippen molar-refractivity contribution in [1.29, 1.82) is 0 Å². The molecule has 2 heteroatoms. The number of carbonyl (C=O) groups excluding carboxylic acids is 1. The quantitative estimate of drug-likeness (QED) is 0.690. The standard InChI is InChI=1S/C16H20O2/c1-11-8-13-14(17)10-16(6-4-3-5-7-16)18-15(13)9-12(11)2/h8-9H,3-7,10H2,1-2H3. The monoisotopic (exact) mass is 244 g/mol. The Morgan fingerprint density at radius 3 is 2.44 bits per heavy atom. The number of fused-ring (bicyclic) bond motifs is 1. The van der Waals surface area contributed by atoms with Crippen molar-refractivity contribution in [3.63, 3.8) is 0 Å². The van der Waals surface area contributed by atoms with Crippen molar-refractivity contribution in [2.24, 2.45) is 0 Å². The van der Waals surface area contributed by atoms with Gasteiger partial charge < -0.3 is 4.74 Å². The van der Waals surface area contributed by atoms with E-state index in [4.69, 9.17) is 4.74 Å². The Labute approximate surface area is 108 Å². The van der Waals surface area contributed by atoms with Crippen molar-refractivity contribution in [1.82, 2.24) is 0 Å². The van der Waals surface area contributed by atoms with Gasteiger partial charge in [0.1, 0.15) is 11.4 Å². The molecule has 1 spiro atoms. The topological polar surface area (TPSA) is 26.3 Å². The Balaban J connectivity index is 2.01. The van der Waals surface area contributed by atoms with Crippen molar-refractivity contribution in [3.8, 4) is 5.75 Å². The van der Waals surface area contributed by atoms with E-state index in [1.807, 2.05) is 19.1 Å². The maximum atomic E-state index is 12.3. The van der Waals surface area contributed by atoms with Gasteiger partial charge in [-0.25, -0.2) is 0 Å². The lowest BCUT2D eigenvalue weighted by molar-refractivity contribution is 0.0135. The molecule has 2 aliphatic rings. The largest absolute Gasteiger partial charge is 0.486 e. The zero-order chi connectivity index (χ0) is 12.8. The Bertz CT molecular complexity index is 496. The molecule has 3 rings (SSSR count). The minimum absolute atomic E-state index is 0.190. The van der Waals surface area contributed by atoms with E-state index in [0.29, 0.717) is 6.42 Å². The molecule has 2 nitrogen and oxygen atoms in total. The van der Waals surface area contributed by atoms with Crippen LogP contribution in [0.25, 0.3) is 0 Å². The number of hydrogen-bond acceptors (Lipinski definition) is 2. The second-order valence-corrected chi connectivity index (χ2v) is 5.88. The van der Waals surface area contributed by atoms with E-state index in [9.17, 15) is 4.79 Å². The summed E-state index contributed by atoms with van der Waals surface area (Å²) in [6.07, 6.45) is 6.29. The first-order valence-corrected chi connectivity index (χ1v) is 6.93. The second-order valence-electron chi connectivity index (χ2n) is 5.88. The Morgan fingerprint density at radius 1 is 1.06 bits per heavy atom.